The first-order chi connectivity index (χ1) is 17.3. The van der Waals surface area contributed by atoms with Gasteiger partial charge in [-0.1, -0.05) is 12.1 Å². The average molecular weight is 475 g/mol. The Hall–Kier alpha value is -3.69. The van der Waals surface area contributed by atoms with E-state index in [4.69, 9.17) is 24.2 Å². The fourth-order valence-corrected chi connectivity index (χ4v) is 4.12. The largest absolute Gasteiger partial charge is 0.497 e. The maximum atomic E-state index is 5.92. The minimum atomic E-state index is 0.471. The van der Waals surface area contributed by atoms with Gasteiger partial charge in [-0.3, -0.25) is 10.00 Å². The van der Waals surface area contributed by atoms with Gasteiger partial charge in [0.05, 0.1) is 38.6 Å². The van der Waals surface area contributed by atoms with E-state index in [0.717, 1.165) is 84.6 Å². The quantitative estimate of drug-likeness (QED) is 0.361. The maximum absolute atomic E-state index is 5.92. The number of ether oxygens (including phenoxy) is 3. The van der Waals surface area contributed by atoms with Crippen molar-refractivity contribution in [2.24, 2.45) is 0 Å². The van der Waals surface area contributed by atoms with Crippen LogP contribution in [-0.4, -0.2) is 78.2 Å². The van der Waals surface area contributed by atoms with Crippen LogP contribution in [0.25, 0.3) is 22.0 Å². The Kier molecular flexibility index (Phi) is 7.35. The highest BCUT2D eigenvalue weighted by atomic mass is 16.5. The molecule has 2 N–H and O–H groups in total. The smallest absolute Gasteiger partial charge is 0.137 e. The monoisotopic (exact) mass is 474 g/mol. The minimum absolute atomic E-state index is 0.471. The molecule has 9 nitrogen and oxygen atoms in total. The van der Waals surface area contributed by atoms with E-state index in [1.54, 1.807) is 7.11 Å². The van der Waals surface area contributed by atoms with Gasteiger partial charge in [0.1, 0.15) is 23.1 Å². The van der Waals surface area contributed by atoms with Gasteiger partial charge in [0.15, 0.2) is 0 Å². The van der Waals surface area contributed by atoms with Crippen LogP contribution in [-0.2, 0) is 11.2 Å². The van der Waals surface area contributed by atoms with Gasteiger partial charge >= 0.3 is 0 Å². The molecule has 2 aromatic heterocycles. The predicted octanol–water partition coefficient (Wildman–Crippen LogP) is 3.39. The molecule has 0 bridgehead atoms. The average Bonchev–Trinajstić information content (AvgIpc) is 3.44. The number of aromatic amines is 1. The highest BCUT2D eigenvalue weighted by Gasteiger charge is 2.13. The molecule has 0 radical (unpaired) electrons. The van der Waals surface area contributed by atoms with E-state index < -0.39 is 0 Å². The van der Waals surface area contributed by atoms with E-state index in [0.29, 0.717) is 13.0 Å². The van der Waals surface area contributed by atoms with Gasteiger partial charge < -0.3 is 19.5 Å². The molecule has 4 aromatic rings. The molecule has 0 amide bonds. The van der Waals surface area contributed by atoms with E-state index in [2.05, 4.69) is 32.5 Å². The molecule has 0 saturated carbocycles. The molecule has 1 aliphatic heterocycles. The number of fused-ring (bicyclic) bond motifs is 1. The van der Waals surface area contributed by atoms with Crippen molar-refractivity contribution in [3.63, 3.8) is 0 Å². The van der Waals surface area contributed by atoms with Crippen LogP contribution in [0, 0.1) is 0 Å². The number of methoxy groups -OCH3 is 1. The number of hydrogen-bond acceptors (Lipinski definition) is 8. The second kappa shape index (κ2) is 11.2. The standard InChI is InChI=1S/C26H30N6O3/c1-33-21-3-2-4-22(16-21)35-12-7-25-30-24-6-5-19(20-17-28-29-18-20)15-23(24)26(31-25)27-8-9-32-10-13-34-14-11-32/h2-6,15-18H,7-14H2,1H3,(H,28,29)(H,27,30,31). The first kappa shape index (κ1) is 23.1. The van der Waals surface area contributed by atoms with Crippen molar-refractivity contribution < 1.29 is 14.2 Å². The van der Waals surface area contributed by atoms with Crippen LogP contribution in [0.3, 0.4) is 0 Å². The topological polar surface area (TPSA) is 97.4 Å². The van der Waals surface area contributed by atoms with E-state index in [1.807, 2.05) is 42.7 Å². The van der Waals surface area contributed by atoms with Crippen LogP contribution in [0.15, 0.2) is 54.9 Å². The Morgan fingerprint density at radius 2 is 1.94 bits per heavy atom. The molecule has 0 aliphatic carbocycles. The van der Waals surface area contributed by atoms with Gasteiger partial charge in [-0.2, -0.15) is 5.10 Å². The van der Waals surface area contributed by atoms with Crippen LogP contribution < -0.4 is 14.8 Å². The van der Waals surface area contributed by atoms with Crippen molar-refractivity contribution in [2.45, 2.75) is 6.42 Å². The molecular formula is C26H30N6O3. The Balaban J connectivity index is 1.33. The summed E-state index contributed by atoms with van der Waals surface area (Å²) in [6.07, 6.45) is 4.30. The molecule has 5 rings (SSSR count). The van der Waals surface area contributed by atoms with Crippen molar-refractivity contribution in [3.8, 4) is 22.6 Å². The van der Waals surface area contributed by atoms with Gasteiger partial charge in [0.2, 0.25) is 0 Å². The van der Waals surface area contributed by atoms with E-state index >= 15 is 0 Å². The number of H-pyrrole nitrogens is 1. The van der Waals surface area contributed by atoms with Crippen molar-refractivity contribution in [2.75, 3.05) is 58.4 Å². The number of benzene rings is 2. The van der Waals surface area contributed by atoms with Crippen molar-refractivity contribution in [1.82, 2.24) is 25.1 Å². The summed E-state index contributed by atoms with van der Waals surface area (Å²) in [6.45, 7) is 5.71. The molecule has 0 spiro atoms. The summed E-state index contributed by atoms with van der Waals surface area (Å²) in [7, 11) is 1.65. The molecule has 182 valence electrons. The Morgan fingerprint density at radius 1 is 1.06 bits per heavy atom. The summed E-state index contributed by atoms with van der Waals surface area (Å²) in [4.78, 5) is 12.1. The Morgan fingerprint density at radius 3 is 2.77 bits per heavy atom. The lowest BCUT2D eigenvalue weighted by molar-refractivity contribution is 0.0398. The van der Waals surface area contributed by atoms with E-state index in [9.17, 15) is 0 Å². The molecule has 0 unspecified atom stereocenters. The molecule has 1 saturated heterocycles. The summed E-state index contributed by atoms with van der Waals surface area (Å²) in [5.41, 5.74) is 3.00. The fourth-order valence-electron chi connectivity index (χ4n) is 4.12. The number of anilines is 1. The molecule has 9 heteroatoms. The zero-order chi connectivity index (χ0) is 23.9. The second-order valence-corrected chi connectivity index (χ2v) is 8.37. The first-order valence-electron chi connectivity index (χ1n) is 11.9. The number of aromatic nitrogens is 4. The molecule has 1 aliphatic rings. The highest BCUT2D eigenvalue weighted by molar-refractivity contribution is 5.92. The molecule has 1 fully saturated rings. The third-order valence-corrected chi connectivity index (χ3v) is 6.03. The lowest BCUT2D eigenvalue weighted by atomic mass is 10.1. The van der Waals surface area contributed by atoms with E-state index in [1.165, 1.54) is 0 Å². The summed E-state index contributed by atoms with van der Waals surface area (Å²) in [6, 6.07) is 13.8. The SMILES string of the molecule is COc1cccc(OCCc2nc(NCCN3CCOCC3)c3cc(-c4cn[nH]c4)ccc3n2)c1. The molecule has 0 atom stereocenters. The van der Waals surface area contributed by atoms with Crippen molar-refractivity contribution in [1.29, 1.82) is 0 Å². The lowest BCUT2D eigenvalue weighted by Gasteiger charge is -2.26. The predicted molar refractivity (Wildman–Crippen MR) is 135 cm³/mol. The van der Waals surface area contributed by atoms with Crippen LogP contribution >= 0.6 is 0 Å². The number of nitrogens with one attached hydrogen (secondary N) is 2. The van der Waals surface area contributed by atoms with Gasteiger partial charge in [-0.15, -0.1) is 0 Å². The number of nitrogens with zero attached hydrogens (tertiary/aromatic N) is 4. The number of rotatable bonds is 10. The highest BCUT2D eigenvalue weighted by Crippen LogP contribution is 2.27. The maximum Gasteiger partial charge on any atom is 0.137 e. The Labute approximate surface area is 204 Å². The zero-order valence-electron chi connectivity index (χ0n) is 19.9. The first-order valence-corrected chi connectivity index (χ1v) is 11.9. The van der Waals surface area contributed by atoms with Crippen LogP contribution in [0.4, 0.5) is 5.82 Å². The molecule has 2 aromatic carbocycles. The normalized spacial score (nSPS) is 14.2. The summed E-state index contributed by atoms with van der Waals surface area (Å²) in [5, 5.41) is 11.5. The Bertz CT molecular complexity index is 1240. The molecular weight excluding hydrogens is 444 g/mol. The second-order valence-electron chi connectivity index (χ2n) is 8.37. The molecule has 3 heterocycles. The van der Waals surface area contributed by atoms with Crippen LogP contribution in [0.1, 0.15) is 5.82 Å². The number of hydrogen-bond donors (Lipinski definition) is 2. The van der Waals surface area contributed by atoms with Crippen molar-refractivity contribution in [3.05, 3.63) is 60.7 Å². The van der Waals surface area contributed by atoms with Crippen LogP contribution in [0.2, 0.25) is 0 Å². The summed E-state index contributed by atoms with van der Waals surface area (Å²) >= 11 is 0. The van der Waals surface area contributed by atoms with Gasteiger partial charge in [0, 0.05) is 55.8 Å². The zero-order valence-corrected chi connectivity index (χ0v) is 19.9. The third kappa shape index (κ3) is 5.87. The molecule has 35 heavy (non-hydrogen) atoms. The number of morpholine rings is 1. The van der Waals surface area contributed by atoms with Crippen molar-refractivity contribution >= 4 is 16.7 Å². The van der Waals surface area contributed by atoms with Gasteiger partial charge in [0.25, 0.3) is 0 Å². The summed E-state index contributed by atoms with van der Waals surface area (Å²) < 4.78 is 16.7. The van der Waals surface area contributed by atoms with Gasteiger partial charge in [-0.25, -0.2) is 9.97 Å². The van der Waals surface area contributed by atoms with Gasteiger partial charge in [-0.05, 0) is 29.8 Å². The lowest BCUT2D eigenvalue weighted by Crippen LogP contribution is -2.39. The fraction of sp³-hybridized carbons (Fsp3) is 0.346. The van der Waals surface area contributed by atoms with E-state index in [-0.39, 0.29) is 0 Å². The summed E-state index contributed by atoms with van der Waals surface area (Å²) in [5.74, 6) is 3.11. The minimum Gasteiger partial charge on any atom is -0.497 e. The third-order valence-electron chi connectivity index (χ3n) is 6.03. The van der Waals surface area contributed by atoms with Crippen LogP contribution in [0.5, 0.6) is 11.5 Å².